The molecule has 0 aliphatic carbocycles. The molecule has 0 aliphatic heterocycles. The lowest BCUT2D eigenvalue weighted by Gasteiger charge is -2.10. The predicted octanol–water partition coefficient (Wildman–Crippen LogP) is 3.10. The second-order valence-electron chi connectivity index (χ2n) is 5.54. The Morgan fingerprint density at radius 1 is 1.09 bits per heavy atom. The highest BCUT2D eigenvalue weighted by Gasteiger charge is 2.10. The molecule has 0 unspecified atom stereocenters. The summed E-state index contributed by atoms with van der Waals surface area (Å²) in [5.41, 5.74) is 3.86. The molecule has 0 aliphatic rings. The van der Waals surface area contributed by atoms with E-state index in [1.807, 2.05) is 32.0 Å². The highest BCUT2D eigenvalue weighted by molar-refractivity contribution is 7.89. The Labute approximate surface area is 131 Å². The standard InChI is InChI=1S/C17H19NO3S/c1-12-7-8-13(2)16(9-12)18-17(19)15-6-4-5-14(10-15)11-22(3,20)21/h4-10H,11H2,1-3H3,(H,18,19). The summed E-state index contributed by atoms with van der Waals surface area (Å²) in [5.74, 6) is -0.318. The Morgan fingerprint density at radius 3 is 2.50 bits per heavy atom. The van der Waals surface area contributed by atoms with Gasteiger partial charge in [-0.25, -0.2) is 8.42 Å². The average molecular weight is 317 g/mol. The monoisotopic (exact) mass is 317 g/mol. The molecule has 2 aromatic rings. The van der Waals surface area contributed by atoms with E-state index in [0.717, 1.165) is 16.8 Å². The molecule has 0 fully saturated rings. The minimum Gasteiger partial charge on any atom is -0.322 e. The van der Waals surface area contributed by atoms with Crippen molar-refractivity contribution in [1.29, 1.82) is 0 Å². The van der Waals surface area contributed by atoms with Crippen molar-refractivity contribution in [2.45, 2.75) is 19.6 Å². The van der Waals surface area contributed by atoms with Gasteiger partial charge in [0.1, 0.15) is 0 Å². The van der Waals surface area contributed by atoms with Crippen LogP contribution in [0, 0.1) is 13.8 Å². The predicted molar refractivity (Wildman–Crippen MR) is 88.9 cm³/mol. The topological polar surface area (TPSA) is 63.2 Å². The van der Waals surface area contributed by atoms with Crippen molar-refractivity contribution in [2.75, 3.05) is 11.6 Å². The van der Waals surface area contributed by atoms with Gasteiger partial charge in [-0.15, -0.1) is 0 Å². The van der Waals surface area contributed by atoms with Crippen LogP contribution >= 0.6 is 0 Å². The number of hydrogen-bond acceptors (Lipinski definition) is 3. The quantitative estimate of drug-likeness (QED) is 0.942. The molecule has 2 aromatic carbocycles. The van der Waals surface area contributed by atoms with Crippen LogP contribution in [0.4, 0.5) is 5.69 Å². The Balaban J connectivity index is 2.23. The fourth-order valence-corrected chi connectivity index (χ4v) is 2.96. The first kappa shape index (κ1) is 16.2. The minimum absolute atomic E-state index is 0.0718. The van der Waals surface area contributed by atoms with Crippen molar-refractivity contribution in [3.05, 3.63) is 64.7 Å². The first-order chi connectivity index (χ1) is 10.2. The number of rotatable bonds is 4. The second-order valence-corrected chi connectivity index (χ2v) is 7.68. The number of carbonyl (C=O) groups is 1. The van der Waals surface area contributed by atoms with Crippen molar-refractivity contribution in [3.63, 3.8) is 0 Å². The van der Waals surface area contributed by atoms with Gasteiger partial charge in [0.2, 0.25) is 0 Å². The second kappa shape index (κ2) is 6.32. The van der Waals surface area contributed by atoms with Crippen LogP contribution in [0.25, 0.3) is 0 Å². The van der Waals surface area contributed by atoms with Gasteiger partial charge >= 0.3 is 0 Å². The maximum absolute atomic E-state index is 12.3. The summed E-state index contributed by atoms with van der Waals surface area (Å²) in [4.78, 5) is 12.3. The zero-order chi connectivity index (χ0) is 16.3. The molecule has 0 radical (unpaired) electrons. The summed E-state index contributed by atoms with van der Waals surface area (Å²) >= 11 is 0. The van der Waals surface area contributed by atoms with E-state index < -0.39 is 9.84 Å². The van der Waals surface area contributed by atoms with Gasteiger partial charge in [0, 0.05) is 17.5 Å². The third-order valence-corrected chi connectivity index (χ3v) is 4.12. The van der Waals surface area contributed by atoms with Crippen molar-refractivity contribution >= 4 is 21.4 Å². The Hall–Kier alpha value is -2.14. The summed E-state index contributed by atoms with van der Waals surface area (Å²) in [5, 5.41) is 2.87. The molecule has 4 nitrogen and oxygen atoms in total. The molecule has 5 heteroatoms. The molecule has 0 spiro atoms. The number of anilines is 1. The Morgan fingerprint density at radius 2 is 1.82 bits per heavy atom. The molecule has 0 bridgehead atoms. The highest BCUT2D eigenvalue weighted by atomic mass is 32.2. The van der Waals surface area contributed by atoms with Crippen LogP contribution in [0.5, 0.6) is 0 Å². The van der Waals surface area contributed by atoms with Crippen LogP contribution in [-0.2, 0) is 15.6 Å². The zero-order valence-corrected chi connectivity index (χ0v) is 13.7. The summed E-state index contributed by atoms with van der Waals surface area (Å²) in [6.45, 7) is 3.89. The first-order valence-corrected chi connectivity index (χ1v) is 8.96. The van der Waals surface area contributed by atoms with E-state index >= 15 is 0 Å². The molecular weight excluding hydrogens is 298 g/mol. The average Bonchev–Trinajstić information content (AvgIpc) is 2.41. The molecule has 0 saturated carbocycles. The van der Waals surface area contributed by atoms with E-state index in [1.54, 1.807) is 24.3 Å². The molecule has 0 heterocycles. The van der Waals surface area contributed by atoms with Gasteiger partial charge in [-0.1, -0.05) is 24.3 Å². The normalized spacial score (nSPS) is 11.2. The Bertz CT molecular complexity index is 810. The Kier molecular flexibility index (Phi) is 4.66. The summed E-state index contributed by atoms with van der Waals surface area (Å²) in [6.07, 6.45) is 1.18. The summed E-state index contributed by atoms with van der Waals surface area (Å²) < 4.78 is 22.7. The molecule has 116 valence electrons. The van der Waals surface area contributed by atoms with Gasteiger partial charge in [-0.05, 0) is 48.7 Å². The molecule has 0 saturated heterocycles. The lowest BCUT2D eigenvalue weighted by atomic mass is 10.1. The number of amides is 1. The van der Waals surface area contributed by atoms with Crippen molar-refractivity contribution in [3.8, 4) is 0 Å². The number of sulfone groups is 1. The maximum atomic E-state index is 12.3. The van der Waals surface area contributed by atoms with Crippen molar-refractivity contribution in [2.24, 2.45) is 0 Å². The minimum atomic E-state index is -3.12. The third kappa shape index (κ3) is 4.43. The van der Waals surface area contributed by atoms with Gasteiger partial charge in [-0.3, -0.25) is 4.79 Å². The number of benzene rings is 2. The number of carbonyl (C=O) groups excluding carboxylic acids is 1. The van der Waals surface area contributed by atoms with Gasteiger partial charge in [-0.2, -0.15) is 0 Å². The van der Waals surface area contributed by atoms with Gasteiger partial charge in [0.25, 0.3) is 5.91 Å². The van der Waals surface area contributed by atoms with Gasteiger partial charge < -0.3 is 5.32 Å². The third-order valence-electron chi connectivity index (χ3n) is 3.26. The van der Waals surface area contributed by atoms with E-state index in [4.69, 9.17) is 0 Å². The maximum Gasteiger partial charge on any atom is 0.255 e. The van der Waals surface area contributed by atoms with Gasteiger partial charge in [0.15, 0.2) is 9.84 Å². The van der Waals surface area contributed by atoms with E-state index in [-0.39, 0.29) is 11.7 Å². The number of nitrogens with one attached hydrogen (secondary N) is 1. The number of hydrogen-bond donors (Lipinski definition) is 1. The van der Waals surface area contributed by atoms with E-state index in [2.05, 4.69) is 5.32 Å². The molecule has 1 N–H and O–H groups in total. The summed E-state index contributed by atoms with van der Waals surface area (Å²) in [7, 11) is -3.12. The smallest absolute Gasteiger partial charge is 0.255 e. The van der Waals surface area contributed by atoms with Crippen LogP contribution in [0.2, 0.25) is 0 Å². The zero-order valence-electron chi connectivity index (χ0n) is 12.9. The summed E-state index contributed by atoms with van der Waals surface area (Å²) in [6, 6.07) is 12.5. The van der Waals surface area contributed by atoms with Crippen LogP contribution < -0.4 is 5.32 Å². The molecule has 22 heavy (non-hydrogen) atoms. The lowest BCUT2D eigenvalue weighted by molar-refractivity contribution is 0.102. The first-order valence-electron chi connectivity index (χ1n) is 6.90. The van der Waals surface area contributed by atoms with Crippen LogP contribution in [-0.4, -0.2) is 20.6 Å². The fraction of sp³-hybridized carbons (Fsp3) is 0.235. The van der Waals surface area contributed by atoms with Crippen molar-refractivity contribution in [1.82, 2.24) is 0 Å². The largest absolute Gasteiger partial charge is 0.322 e. The molecule has 2 rings (SSSR count). The van der Waals surface area contributed by atoms with E-state index in [0.29, 0.717) is 11.1 Å². The van der Waals surface area contributed by atoms with Gasteiger partial charge in [0.05, 0.1) is 5.75 Å². The van der Waals surface area contributed by atoms with Crippen LogP contribution in [0.3, 0.4) is 0 Å². The van der Waals surface area contributed by atoms with E-state index in [9.17, 15) is 13.2 Å². The van der Waals surface area contributed by atoms with Crippen molar-refractivity contribution < 1.29 is 13.2 Å². The number of aryl methyl sites for hydroxylation is 2. The van der Waals surface area contributed by atoms with Crippen LogP contribution in [0.15, 0.2) is 42.5 Å². The lowest BCUT2D eigenvalue weighted by Crippen LogP contribution is -2.13. The molecule has 0 atom stereocenters. The van der Waals surface area contributed by atoms with Crippen LogP contribution in [0.1, 0.15) is 27.0 Å². The molecule has 1 amide bonds. The SMILES string of the molecule is Cc1ccc(C)c(NC(=O)c2cccc(CS(C)(=O)=O)c2)c1. The molecular formula is C17H19NO3S. The molecule has 0 aromatic heterocycles. The highest BCUT2D eigenvalue weighted by Crippen LogP contribution is 2.18. The fourth-order valence-electron chi connectivity index (χ4n) is 2.17. The van der Waals surface area contributed by atoms with E-state index in [1.165, 1.54) is 6.26 Å².